The summed E-state index contributed by atoms with van der Waals surface area (Å²) in [4.78, 5) is 14.2. The normalized spacial score (nSPS) is 11.5. The fourth-order valence-electron chi connectivity index (χ4n) is 1.61. The van der Waals surface area contributed by atoms with Crippen LogP contribution >= 0.6 is 23.4 Å². The Labute approximate surface area is 124 Å². The highest BCUT2D eigenvalue weighted by Gasteiger charge is 2.12. The van der Waals surface area contributed by atoms with Crippen molar-refractivity contribution in [1.29, 1.82) is 0 Å². The largest absolute Gasteiger partial charge is 0.383 e. The molecule has 19 heavy (non-hydrogen) atoms. The predicted molar refractivity (Wildman–Crippen MR) is 85.7 cm³/mol. The molecule has 0 heterocycles. The number of nitrogens with zero attached hydrogens (tertiary/aromatic N) is 1. The summed E-state index contributed by atoms with van der Waals surface area (Å²) in [5.41, 5.74) is 1.60. The molecular formula is C15H20ClNOS. The fourth-order valence-corrected chi connectivity index (χ4v) is 2.57. The molecule has 0 unspecified atom stereocenters. The predicted octanol–water partition coefficient (Wildman–Crippen LogP) is 3.95. The van der Waals surface area contributed by atoms with E-state index in [2.05, 4.69) is 6.92 Å². The summed E-state index contributed by atoms with van der Waals surface area (Å²) >= 11 is 7.67. The van der Waals surface area contributed by atoms with Crippen LogP contribution in [0.15, 0.2) is 30.5 Å². The maximum atomic E-state index is 12.3. The lowest BCUT2D eigenvalue weighted by molar-refractivity contribution is -0.111. The Morgan fingerprint density at radius 3 is 2.74 bits per heavy atom. The number of allylic oxidation sites excluding steroid dienone is 1. The zero-order valence-corrected chi connectivity index (χ0v) is 13.2. The molecule has 0 aliphatic heterocycles. The van der Waals surface area contributed by atoms with E-state index in [1.807, 2.05) is 49.5 Å². The lowest BCUT2D eigenvalue weighted by atomic mass is 10.0. The highest BCUT2D eigenvalue weighted by atomic mass is 35.5. The second kappa shape index (κ2) is 8.28. The molecule has 0 aromatic heterocycles. The number of carbonyl (C=O) groups excluding carboxylic acids is 1. The molecule has 0 amide bonds. The molecule has 0 fully saturated rings. The Hall–Kier alpha value is -0.930. The number of benzene rings is 1. The van der Waals surface area contributed by atoms with Gasteiger partial charge in [0, 0.05) is 30.9 Å². The van der Waals surface area contributed by atoms with E-state index in [4.69, 9.17) is 11.6 Å². The number of halogens is 1. The van der Waals surface area contributed by atoms with E-state index < -0.39 is 0 Å². The van der Waals surface area contributed by atoms with E-state index in [9.17, 15) is 4.79 Å². The van der Waals surface area contributed by atoms with Crippen LogP contribution < -0.4 is 0 Å². The van der Waals surface area contributed by atoms with Crippen molar-refractivity contribution in [3.05, 3.63) is 41.1 Å². The van der Waals surface area contributed by atoms with Gasteiger partial charge in [-0.3, -0.25) is 4.79 Å². The molecule has 0 saturated heterocycles. The molecule has 0 atom stereocenters. The van der Waals surface area contributed by atoms with Gasteiger partial charge in [0.15, 0.2) is 5.78 Å². The van der Waals surface area contributed by atoms with Gasteiger partial charge in [-0.1, -0.05) is 30.7 Å². The highest BCUT2D eigenvalue weighted by Crippen LogP contribution is 2.21. The summed E-state index contributed by atoms with van der Waals surface area (Å²) in [6.45, 7) is 2.12. The van der Waals surface area contributed by atoms with Crippen LogP contribution in [0.3, 0.4) is 0 Å². The molecule has 1 rings (SSSR count). The number of ketones is 1. The van der Waals surface area contributed by atoms with Crippen LogP contribution in [-0.4, -0.2) is 36.3 Å². The van der Waals surface area contributed by atoms with Gasteiger partial charge in [-0.05, 0) is 29.9 Å². The highest BCUT2D eigenvalue weighted by molar-refractivity contribution is 8.00. The number of Topliss-reactive ketones (excluding diaryl/α,β-unsaturated/α-hetero) is 1. The Bertz CT molecular complexity index is 457. The molecule has 4 heteroatoms. The molecule has 0 radical (unpaired) electrons. The molecule has 1 aromatic rings. The second-order valence-electron chi connectivity index (χ2n) is 4.49. The first kappa shape index (κ1) is 16.1. The molecular weight excluding hydrogens is 278 g/mol. The molecule has 0 spiro atoms. The maximum absolute atomic E-state index is 12.3. The van der Waals surface area contributed by atoms with Crippen molar-refractivity contribution < 1.29 is 4.79 Å². The van der Waals surface area contributed by atoms with Crippen molar-refractivity contribution in [3.8, 4) is 0 Å². The van der Waals surface area contributed by atoms with Crippen LogP contribution in [-0.2, 0) is 4.79 Å². The number of hydrogen-bond acceptors (Lipinski definition) is 3. The third-order valence-electron chi connectivity index (χ3n) is 2.40. The Morgan fingerprint density at radius 2 is 2.16 bits per heavy atom. The van der Waals surface area contributed by atoms with Crippen LogP contribution in [0.4, 0.5) is 0 Å². The zero-order valence-electron chi connectivity index (χ0n) is 11.6. The molecule has 0 N–H and O–H groups in total. The van der Waals surface area contributed by atoms with Gasteiger partial charge in [-0.25, -0.2) is 0 Å². The average molecular weight is 298 g/mol. The van der Waals surface area contributed by atoms with Crippen LogP contribution in [0.2, 0.25) is 5.02 Å². The average Bonchev–Trinajstić information content (AvgIpc) is 2.36. The zero-order chi connectivity index (χ0) is 14.3. The maximum Gasteiger partial charge on any atom is 0.174 e. The molecule has 0 aliphatic rings. The van der Waals surface area contributed by atoms with Crippen molar-refractivity contribution in [2.75, 3.05) is 25.6 Å². The van der Waals surface area contributed by atoms with E-state index in [-0.39, 0.29) is 5.78 Å². The van der Waals surface area contributed by atoms with Gasteiger partial charge in [0.2, 0.25) is 0 Å². The minimum atomic E-state index is 0.148. The summed E-state index contributed by atoms with van der Waals surface area (Å²) in [5, 5.41) is 0.649. The van der Waals surface area contributed by atoms with Gasteiger partial charge in [0.1, 0.15) is 0 Å². The quantitative estimate of drug-likeness (QED) is 0.561. The summed E-state index contributed by atoms with van der Waals surface area (Å²) < 4.78 is 0. The van der Waals surface area contributed by atoms with E-state index in [0.29, 0.717) is 10.8 Å². The third kappa shape index (κ3) is 5.70. The first-order valence-electron chi connectivity index (χ1n) is 6.29. The van der Waals surface area contributed by atoms with E-state index >= 15 is 0 Å². The van der Waals surface area contributed by atoms with E-state index in [1.54, 1.807) is 11.8 Å². The topological polar surface area (TPSA) is 20.3 Å². The van der Waals surface area contributed by atoms with Crippen molar-refractivity contribution in [2.45, 2.75) is 13.3 Å². The SMILES string of the molecule is CCCSCC(=O)C(=CN(C)C)c1cccc(Cl)c1. The van der Waals surface area contributed by atoms with Gasteiger partial charge in [-0.2, -0.15) is 11.8 Å². The van der Waals surface area contributed by atoms with Gasteiger partial charge < -0.3 is 4.90 Å². The Morgan fingerprint density at radius 1 is 1.42 bits per heavy atom. The van der Waals surface area contributed by atoms with Crippen molar-refractivity contribution in [2.24, 2.45) is 0 Å². The first-order chi connectivity index (χ1) is 9.04. The van der Waals surface area contributed by atoms with Crippen LogP contribution in [0.1, 0.15) is 18.9 Å². The van der Waals surface area contributed by atoms with Gasteiger partial charge in [0.05, 0.1) is 5.75 Å². The summed E-state index contributed by atoms with van der Waals surface area (Å²) in [7, 11) is 3.83. The molecule has 2 nitrogen and oxygen atoms in total. The van der Waals surface area contributed by atoms with Gasteiger partial charge >= 0.3 is 0 Å². The minimum absolute atomic E-state index is 0.148. The number of hydrogen-bond donors (Lipinski definition) is 0. The summed E-state index contributed by atoms with van der Waals surface area (Å²) in [5.74, 6) is 1.67. The number of rotatable bonds is 7. The van der Waals surface area contributed by atoms with Gasteiger partial charge in [-0.15, -0.1) is 0 Å². The smallest absolute Gasteiger partial charge is 0.174 e. The van der Waals surface area contributed by atoms with Crippen molar-refractivity contribution in [3.63, 3.8) is 0 Å². The standard InChI is InChI=1S/C15H20ClNOS/c1-4-8-19-11-15(18)14(10-17(2)3)12-6-5-7-13(16)9-12/h5-7,9-10H,4,8,11H2,1-3H3. The first-order valence-corrected chi connectivity index (χ1v) is 7.83. The van der Waals surface area contributed by atoms with Crippen LogP contribution in [0.5, 0.6) is 0 Å². The molecule has 0 saturated carbocycles. The fraction of sp³-hybridized carbons (Fsp3) is 0.400. The number of carbonyl (C=O) groups is 1. The lowest BCUT2D eigenvalue weighted by Crippen LogP contribution is -2.11. The van der Waals surface area contributed by atoms with E-state index in [1.165, 1.54) is 0 Å². The lowest BCUT2D eigenvalue weighted by Gasteiger charge is -2.12. The van der Waals surface area contributed by atoms with Crippen LogP contribution in [0.25, 0.3) is 5.57 Å². The Kier molecular flexibility index (Phi) is 7.03. The minimum Gasteiger partial charge on any atom is -0.383 e. The van der Waals surface area contributed by atoms with Crippen LogP contribution in [0, 0.1) is 0 Å². The molecule has 0 aliphatic carbocycles. The number of thioether (sulfide) groups is 1. The van der Waals surface area contributed by atoms with Gasteiger partial charge in [0.25, 0.3) is 0 Å². The van der Waals surface area contributed by atoms with Crippen molar-refractivity contribution in [1.82, 2.24) is 4.90 Å². The third-order valence-corrected chi connectivity index (χ3v) is 3.80. The van der Waals surface area contributed by atoms with E-state index in [0.717, 1.165) is 23.3 Å². The Balaban J connectivity index is 2.93. The molecule has 1 aromatic carbocycles. The molecule has 104 valence electrons. The summed E-state index contributed by atoms with van der Waals surface area (Å²) in [6.07, 6.45) is 2.95. The monoisotopic (exact) mass is 297 g/mol. The summed E-state index contributed by atoms with van der Waals surface area (Å²) in [6, 6.07) is 7.44. The second-order valence-corrected chi connectivity index (χ2v) is 6.03. The van der Waals surface area contributed by atoms with Crippen molar-refractivity contribution >= 4 is 34.7 Å². The molecule has 0 bridgehead atoms.